The number of hydrogen-bond acceptors (Lipinski definition) is 3. The minimum absolute atomic E-state index is 0.0659. The van der Waals surface area contributed by atoms with Crippen LogP contribution in [0.15, 0.2) is 23.1 Å². The van der Waals surface area contributed by atoms with Gasteiger partial charge in [0.25, 0.3) is 0 Å². The minimum Gasteiger partial charge on any atom is -0.480 e. The van der Waals surface area contributed by atoms with Gasteiger partial charge >= 0.3 is 5.97 Å². The third kappa shape index (κ3) is 3.39. The normalized spacial score (nSPS) is 14.9. The molecule has 0 saturated heterocycles. The van der Waals surface area contributed by atoms with Crippen molar-refractivity contribution in [2.24, 2.45) is 0 Å². The summed E-state index contributed by atoms with van der Waals surface area (Å²) in [6.07, 6.45) is 0.0731. The van der Waals surface area contributed by atoms with Crippen LogP contribution in [0.25, 0.3) is 0 Å². The van der Waals surface area contributed by atoms with Gasteiger partial charge in [-0.25, -0.2) is 8.42 Å². The molecule has 19 heavy (non-hydrogen) atoms. The van der Waals surface area contributed by atoms with Gasteiger partial charge in [-0.1, -0.05) is 36.2 Å². The highest BCUT2D eigenvalue weighted by Crippen LogP contribution is 2.30. The molecule has 1 aromatic carbocycles. The average molecular weight is 326 g/mol. The summed E-state index contributed by atoms with van der Waals surface area (Å²) in [7, 11) is -4.13. The number of rotatable bonds is 5. The summed E-state index contributed by atoms with van der Waals surface area (Å²) in [5.41, 5.74) is -1.62. The predicted octanol–water partition coefficient (Wildman–Crippen LogP) is 2.53. The van der Waals surface area contributed by atoms with Crippen molar-refractivity contribution in [1.29, 1.82) is 0 Å². The molecule has 0 aliphatic rings. The summed E-state index contributed by atoms with van der Waals surface area (Å²) in [6, 6.07) is 4.23. The van der Waals surface area contributed by atoms with E-state index >= 15 is 0 Å². The van der Waals surface area contributed by atoms with Crippen LogP contribution in [0.5, 0.6) is 0 Å². The number of sulfonamides is 1. The van der Waals surface area contributed by atoms with Crippen molar-refractivity contribution < 1.29 is 18.3 Å². The molecule has 1 aromatic rings. The Morgan fingerprint density at radius 3 is 2.21 bits per heavy atom. The summed E-state index contributed by atoms with van der Waals surface area (Å²) in [5, 5.41) is 8.96. The third-order valence-electron chi connectivity index (χ3n) is 2.73. The third-order valence-corrected chi connectivity index (χ3v) is 5.28. The number of hydrogen-bond donors (Lipinski definition) is 2. The molecule has 0 radical (unpaired) electrons. The maximum absolute atomic E-state index is 12.2. The molecule has 0 bridgehead atoms. The van der Waals surface area contributed by atoms with Crippen molar-refractivity contribution >= 4 is 39.2 Å². The van der Waals surface area contributed by atoms with Crippen molar-refractivity contribution in [2.75, 3.05) is 0 Å². The molecule has 0 amide bonds. The molecular formula is C11H13Cl2NO4S. The van der Waals surface area contributed by atoms with Gasteiger partial charge in [0.1, 0.15) is 10.4 Å². The summed E-state index contributed by atoms with van der Waals surface area (Å²) in [6.45, 7) is 2.84. The van der Waals surface area contributed by atoms with Crippen LogP contribution < -0.4 is 4.72 Å². The molecule has 0 aliphatic heterocycles. The van der Waals surface area contributed by atoms with Crippen LogP contribution in [0, 0.1) is 0 Å². The zero-order valence-corrected chi connectivity index (χ0v) is 12.6. The minimum atomic E-state index is -4.13. The maximum Gasteiger partial charge on any atom is 0.324 e. The number of carboxylic acids is 1. The second kappa shape index (κ2) is 5.66. The second-order valence-corrected chi connectivity index (χ2v) is 6.58. The summed E-state index contributed by atoms with van der Waals surface area (Å²) in [5.74, 6) is -1.28. The van der Waals surface area contributed by atoms with Crippen LogP contribution >= 0.6 is 23.2 Å². The van der Waals surface area contributed by atoms with Crippen molar-refractivity contribution in [3.05, 3.63) is 28.2 Å². The van der Waals surface area contributed by atoms with Gasteiger partial charge in [-0.15, -0.1) is 0 Å². The molecule has 2 N–H and O–H groups in total. The van der Waals surface area contributed by atoms with Gasteiger partial charge < -0.3 is 5.11 Å². The highest BCUT2D eigenvalue weighted by atomic mass is 35.5. The van der Waals surface area contributed by atoms with Crippen LogP contribution in [0.1, 0.15) is 20.3 Å². The van der Waals surface area contributed by atoms with E-state index in [0.29, 0.717) is 0 Å². The van der Waals surface area contributed by atoms with Gasteiger partial charge in [0.2, 0.25) is 10.0 Å². The fourth-order valence-corrected chi connectivity index (χ4v) is 3.94. The highest BCUT2D eigenvalue weighted by molar-refractivity contribution is 7.89. The Balaban J connectivity index is 3.30. The molecule has 1 unspecified atom stereocenters. The fourth-order valence-electron chi connectivity index (χ4n) is 1.35. The van der Waals surface area contributed by atoms with Crippen molar-refractivity contribution in [1.82, 2.24) is 4.72 Å². The van der Waals surface area contributed by atoms with Crippen molar-refractivity contribution in [3.8, 4) is 0 Å². The Morgan fingerprint density at radius 1 is 1.37 bits per heavy atom. The van der Waals surface area contributed by atoms with Crippen LogP contribution in [-0.4, -0.2) is 25.0 Å². The zero-order chi connectivity index (χ0) is 14.8. The largest absolute Gasteiger partial charge is 0.480 e. The molecule has 1 atom stereocenters. The molecule has 0 aliphatic carbocycles. The van der Waals surface area contributed by atoms with E-state index in [0.717, 1.165) is 0 Å². The lowest BCUT2D eigenvalue weighted by Crippen LogP contribution is -2.51. The quantitative estimate of drug-likeness (QED) is 0.871. The summed E-state index contributed by atoms with van der Waals surface area (Å²) < 4.78 is 26.5. The average Bonchev–Trinajstić information content (AvgIpc) is 2.27. The Bertz CT molecular complexity index is 582. The molecule has 0 saturated carbocycles. The topological polar surface area (TPSA) is 83.5 Å². The van der Waals surface area contributed by atoms with Crippen LogP contribution in [0.3, 0.4) is 0 Å². The smallest absolute Gasteiger partial charge is 0.324 e. The molecule has 106 valence electrons. The highest BCUT2D eigenvalue weighted by Gasteiger charge is 2.37. The van der Waals surface area contributed by atoms with E-state index in [9.17, 15) is 13.2 Å². The van der Waals surface area contributed by atoms with Crippen LogP contribution in [0.4, 0.5) is 0 Å². The van der Waals surface area contributed by atoms with E-state index in [4.69, 9.17) is 28.3 Å². The van der Waals surface area contributed by atoms with Gasteiger partial charge in [-0.05, 0) is 25.5 Å². The maximum atomic E-state index is 12.2. The lowest BCUT2D eigenvalue weighted by Gasteiger charge is -2.24. The molecule has 8 heteroatoms. The van der Waals surface area contributed by atoms with E-state index in [-0.39, 0.29) is 21.4 Å². The predicted molar refractivity (Wildman–Crippen MR) is 73.1 cm³/mol. The standard InChI is InChI=1S/C11H13Cl2NO4S/c1-3-11(2,10(15)16)14-19(17,18)9-7(12)5-4-6-8(9)13/h4-6,14H,3H2,1-2H3,(H,15,16). The monoisotopic (exact) mass is 325 g/mol. The molecule has 0 heterocycles. The summed E-state index contributed by atoms with van der Waals surface area (Å²) >= 11 is 11.6. The molecule has 0 spiro atoms. The molecule has 0 aromatic heterocycles. The van der Waals surface area contributed by atoms with Crippen LogP contribution in [-0.2, 0) is 14.8 Å². The first-order valence-corrected chi connectivity index (χ1v) is 7.59. The van der Waals surface area contributed by atoms with E-state index in [1.54, 1.807) is 6.92 Å². The molecule has 1 rings (SSSR count). The number of carboxylic acid groups (broad SMARTS) is 1. The van der Waals surface area contributed by atoms with E-state index < -0.39 is 21.5 Å². The van der Waals surface area contributed by atoms with E-state index in [1.807, 2.05) is 0 Å². The zero-order valence-electron chi connectivity index (χ0n) is 10.3. The van der Waals surface area contributed by atoms with Gasteiger partial charge in [-0.3, -0.25) is 4.79 Å². The van der Waals surface area contributed by atoms with E-state index in [1.165, 1.54) is 25.1 Å². The second-order valence-electron chi connectivity index (χ2n) is 4.15. The first-order chi connectivity index (χ1) is 8.64. The SMILES string of the molecule is CCC(C)(NS(=O)(=O)c1c(Cl)cccc1Cl)C(=O)O. The molecule has 5 nitrogen and oxygen atoms in total. The number of benzene rings is 1. The summed E-state index contributed by atoms with van der Waals surface area (Å²) in [4.78, 5) is 10.8. The first-order valence-electron chi connectivity index (χ1n) is 5.35. The molecule has 0 fully saturated rings. The molecular weight excluding hydrogens is 313 g/mol. The lowest BCUT2D eigenvalue weighted by molar-refractivity contribution is -0.143. The first kappa shape index (κ1) is 16.2. The van der Waals surface area contributed by atoms with Gasteiger partial charge in [-0.2, -0.15) is 4.72 Å². The van der Waals surface area contributed by atoms with Gasteiger partial charge in [0, 0.05) is 0 Å². The van der Waals surface area contributed by atoms with Gasteiger partial charge in [0.15, 0.2) is 0 Å². The van der Waals surface area contributed by atoms with E-state index in [2.05, 4.69) is 4.72 Å². The van der Waals surface area contributed by atoms with Crippen LogP contribution in [0.2, 0.25) is 10.0 Å². The lowest BCUT2D eigenvalue weighted by atomic mass is 10.0. The Morgan fingerprint density at radius 2 is 1.84 bits per heavy atom. The van der Waals surface area contributed by atoms with Crippen molar-refractivity contribution in [2.45, 2.75) is 30.7 Å². The number of aliphatic carboxylic acids is 1. The number of halogens is 2. The fraction of sp³-hybridized carbons (Fsp3) is 0.364. The number of carbonyl (C=O) groups is 1. The Kier molecular flexibility index (Phi) is 4.84. The van der Waals surface area contributed by atoms with Crippen molar-refractivity contribution in [3.63, 3.8) is 0 Å². The number of nitrogens with one attached hydrogen (secondary N) is 1. The van der Waals surface area contributed by atoms with Gasteiger partial charge in [0.05, 0.1) is 10.0 Å². The Labute approximate surface area is 121 Å². The Hall–Kier alpha value is -0.820.